The van der Waals surface area contributed by atoms with Gasteiger partial charge in [-0.25, -0.2) is 10.0 Å². The van der Waals surface area contributed by atoms with Gasteiger partial charge in [0.25, 0.3) is 0 Å². The van der Waals surface area contributed by atoms with Crippen LogP contribution in [0.5, 0.6) is 0 Å². The Labute approximate surface area is 122 Å². The lowest BCUT2D eigenvalue weighted by molar-refractivity contribution is 0.0487. The van der Waals surface area contributed by atoms with Crippen LogP contribution in [0.3, 0.4) is 0 Å². The van der Waals surface area contributed by atoms with Crippen LogP contribution in [0, 0.1) is 0 Å². The van der Waals surface area contributed by atoms with Crippen LogP contribution < -0.4 is 16.6 Å². The Morgan fingerprint density at radius 3 is 1.62 bits per heavy atom. The van der Waals surface area contributed by atoms with E-state index in [0.29, 0.717) is 38.3 Å². The fraction of sp³-hybridized carbons (Fsp3) is 0.727. The fourth-order valence-corrected chi connectivity index (χ4v) is 2.13. The van der Waals surface area contributed by atoms with Gasteiger partial charge in [-0.05, 0) is 0 Å². The molecule has 4 N–H and O–H groups in total. The predicted molar refractivity (Wildman–Crippen MR) is 76.3 cm³/mol. The van der Waals surface area contributed by atoms with E-state index in [9.17, 15) is 0 Å². The summed E-state index contributed by atoms with van der Waals surface area (Å²) in [4.78, 5) is 12.5. The van der Waals surface area contributed by atoms with Crippen molar-refractivity contribution >= 4 is 17.8 Å². The maximum Gasteiger partial charge on any atom is 0.244 e. The normalized spacial score (nSPS) is 21.1. The molecule has 2 aliphatic rings. The van der Waals surface area contributed by atoms with Crippen LogP contribution in [-0.2, 0) is 9.47 Å². The number of hydrogen-bond acceptors (Lipinski definition) is 10. The highest BCUT2D eigenvalue weighted by molar-refractivity contribution is 5.38. The van der Waals surface area contributed by atoms with Crippen molar-refractivity contribution in [3.05, 3.63) is 0 Å². The second-order valence-corrected chi connectivity index (χ2v) is 4.76. The molecular formula is C11H20N8O2. The Morgan fingerprint density at radius 2 is 1.19 bits per heavy atom. The average Bonchev–Trinajstić information content (AvgIpc) is 2.48. The number of rotatable bonds is 4. The topological polar surface area (TPSA) is 114 Å². The number of anilines is 3. The molecule has 116 valence electrons. The van der Waals surface area contributed by atoms with E-state index in [1.54, 1.807) is 0 Å². The van der Waals surface area contributed by atoms with Crippen LogP contribution in [0.1, 0.15) is 0 Å². The van der Waals surface area contributed by atoms with Crippen LogP contribution >= 0.6 is 0 Å². The molecule has 3 rings (SSSR count). The van der Waals surface area contributed by atoms with E-state index in [1.807, 2.05) is 10.0 Å². The molecule has 0 atom stereocenters. The van der Waals surface area contributed by atoms with Crippen LogP contribution in [0.15, 0.2) is 0 Å². The zero-order valence-electron chi connectivity index (χ0n) is 11.8. The number of nitrogens with one attached hydrogen (secondary N) is 2. The number of aromatic nitrogens is 3. The molecule has 10 nitrogen and oxygen atoms in total. The van der Waals surface area contributed by atoms with Crippen LogP contribution in [0.4, 0.5) is 17.8 Å². The first-order valence-corrected chi connectivity index (χ1v) is 7.00. The Hall–Kier alpha value is -1.75. The monoisotopic (exact) mass is 296 g/mol. The molecule has 0 unspecified atom stereocenters. The number of ether oxygens (including phenoxy) is 2. The standard InChI is InChI=1S/C11H20N8O2/c12-9-13-10(16-18-1-5-20-6-2-18)15-11(14-9)17-19-3-7-21-8-4-19/h1-8H2,(H4,12,13,14,15,16,17). The molecule has 0 spiro atoms. The highest BCUT2D eigenvalue weighted by Gasteiger charge is 2.15. The van der Waals surface area contributed by atoms with E-state index in [1.165, 1.54) is 0 Å². The molecule has 0 aliphatic carbocycles. The maximum atomic E-state index is 5.74. The molecule has 0 bridgehead atoms. The first-order chi connectivity index (χ1) is 10.3. The molecule has 1 aromatic heterocycles. The van der Waals surface area contributed by atoms with Gasteiger partial charge in [0.1, 0.15) is 0 Å². The van der Waals surface area contributed by atoms with Gasteiger partial charge in [-0.1, -0.05) is 0 Å². The lowest BCUT2D eigenvalue weighted by Crippen LogP contribution is -2.42. The van der Waals surface area contributed by atoms with Crippen molar-refractivity contribution < 1.29 is 9.47 Å². The number of nitrogens with two attached hydrogens (primary N) is 1. The van der Waals surface area contributed by atoms with Crippen molar-refractivity contribution in [2.75, 3.05) is 69.2 Å². The molecule has 2 aliphatic heterocycles. The van der Waals surface area contributed by atoms with E-state index in [0.717, 1.165) is 26.2 Å². The van der Waals surface area contributed by atoms with Crippen LogP contribution in [0.25, 0.3) is 0 Å². The van der Waals surface area contributed by atoms with Gasteiger partial charge < -0.3 is 15.2 Å². The number of nitrogen functional groups attached to an aromatic ring is 1. The number of morpholine rings is 2. The number of hydrogen-bond donors (Lipinski definition) is 3. The summed E-state index contributed by atoms with van der Waals surface area (Å²) in [6.07, 6.45) is 0. The van der Waals surface area contributed by atoms with E-state index >= 15 is 0 Å². The molecule has 0 amide bonds. The second-order valence-electron chi connectivity index (χ2n) is 4.76. The molecule has 0 saturated carbocycles. The van der Waals surface area contributed by atoms with Crippen molar-refractivity contribution in [2.45, 2.75) is 0 Å². The fourth-order valence-electron chi connectivity index (χ4n) is 2.13. The molecule has 2 saturated heterocycles. The predicted octanol–water partition coefficient (Wildman–Crippen LogP) is -1.23. The van der Waals surface area contributed by atoms with Gasteiger partial charge >= 0.3 is 0 Å². The molecule has 2 fully saturated rings. The maximum absolute atomic E-state index is 5.74. The van der Waals surface area contributed by atoms with Crippen molar-refractivity contribution in [3.8, 4) is 0 Å². The average molecular weight is 296 g/mol. The van der Waals surface area contributed by atoms with E-state index in [2.05, 4.69) is 25.8 Å². The zero-order chi connectivity index (χ0) is 14.5. The largest absolute Gasteiger partial charge is 0.379 e. The third-order valence-electron chi connectivity index (χ3n) is 3.19. The number of nitrogens with zero attached hydrogens (tertiary/aromatic N) is 5. The van der Waals surface area contributed by atoms with Crippen molar-refractivity contribution in [3.63, 3.8) is 0 Å². The summed E-state index contributed by atoms with van der Waals surface area (Å²) in [5.74, 6) is 1.04. The zero-order valence-corrected chi connectivity index (χ0v) is 11.8. The summed E-state index contributed by atoms with van der Waals surface area (Å²) in [7, 11) is 0. The highest BCUT2D eigenvalue weighted by Crippen LogP contribution is 2.10. The summed E-state index contributed by atoms with van der Waals surface area (Å²) in [6.45, 7) is 5.85. The van der Waals surface area contributed by atoms with Crippen LogP contribution in [-0.4, -0.2) is 77.6 Å². The molecule has 0 aromatic carbocycles. The summed E-state index contributed by atoms with van der Waals surface area (Å²) >= 11 is 0. The third-order valence-corrected chi connectivity index (χ3v) is 3.19. The Kier molecular flexibility index (Phi) is 4.60. The molecule has 0 radical (unpaired) electrons. The lowest BCUT2D eigenvalue weighted by atomic mass is 10.5. The Bertz CT molecular complexity index is 423. The third kappa shape index (κ3) is 4.11. The van der Waals surface area contributed by atoms with E-state index < -0.39 is 0 Å². The minimum atomic E-state index is 0.177. The first kappa shape index (κ1) is 14.2. The van der Waals surface area contributed by atoms with Gasteiger partial charge in [-0.3, -0.25) is 10.9 Å². The highest BCUT2D eigenvalue weighted by atomic mass is 16.5. The van der Waals surface area contributed by atoms with Gasteiger partial charge in [0.2, 0.25) is 17.8 Å². The van der Waals surface area contributed by atoms with Gasteiger partial charge in [-0.15, -0.1) is 0 Å². The first-order valence-electron chi connectivity index (χ1n) is 7.00. The number of hydrazine groups is 2. The Balaban J connectivity index is 1.63. The van der Waals surface area contributed by atoms with Crippen LogP contribution in [0.2, 0.25) is 0 Å². The summed E-state index contributed by atoms with van der Waals surface area (Å²) in [6, 6.07) is 0. The van der Waals surface area contributed by atoms with E-state index in [-0.39, 0.29) is 5.95 Å². The van der Waals surface area contributed by atoms with Gasteiger partial charge in [0.15, 0.2) is 0 Å². The molecule has 10 heteroatoms. The van der Waals surface area contributed by atoms with Crippen molar-refractivity contribution in [1.82, 2.24) is 25.0 Å². The quantitative estimate of drug-likeness (QED) is 0.624. The Morgan fingerprint density at radius 1 is 0.762 bits per heavy atom. The van der Waals surface area contributed by atoms with Gasteiger partial charge in [0, 0.05) is 26.2 Å². The minimum Gasteiger partial charge on any atom is -0.379 e. The second kappa shape index (κ2) is 6.80. The van der Waals surface area contributed by atoms with Gasteiger partial charge in [0.05, 0.1) is 26.4 Å². The smallest absolute Gasteiger partial charge is 0.244 e. The van der Waals surface area contributed by atoms with Crippen molar-refractivity contribution in [1.29, 1.82) is 0 Å². The summed E-state index contributed by atoms with van der Waals surface area (Å²) in [5, 5.41) is 3.99. The summed E-state index contributed by atoms with van der Waals surface area (Å²) in [5.41, 5.74) is 12.0. The lowest BCUT2D eigenvalue weighted by Gasteiger charge is -2.28. The molecule has 21 heavy (non-hydrogen) atoms. The minimum absolute atomic E-state index is 0.177. The van der Waals surface area contributed by atoms with Crippen molar-refractivity contribution in [2.24, 2.45) is 0 Å². The van der Waals surface area contributed by atoms with E-state index in [4.69, 9.17) is 15.2 Å². The SMILES string of the molecule is Nc1nc(NN2CCOCC2)nc(NN2CCOCC2)n1. The van der Waals surface area contributed by atoms with Gasteiger partial charge in [-0.2, -0.15) is 15.0 Å². The molecule has 1 aromatic rings. The molecular weight excluding hydrogens is 276 g/mol. The molecule has 3 heterocycles. The summed E-state index contributed by atoms with van der Waals surface area (Å²) < 4.78 is 10.6.